The molecule has 2 heterocycles. The van der Waals surface area contributed by atoms with Gasteiger partial charge in [-0.1, -0.05) is 0 Å². The largest absolute Gasteiger partial charge is 0.507 e. The van der Waals surface area contributed by atoms with Gasteiger partial charge < -0.3 is 14.9 Å². The topological polar surface area (TPSA) is 73.7 Å². The second-order valence-corrected chi connectivity index (χ2v) is 6.58. The molecule has 0 bridgehead atoms. The first-order chi connectivity index (χ1) is 12.9. The number of aliphatic hydroxyl groups is 1. The normalized spacial score (nSPS) is 19.1. The van der Waals surface area contributed by atoms with Crippen LogP contribution in [-0.4, -0.2) is 58.8 Å². The van der Waals surface area contributed by atoms with Crippen molar-refractivity contribution >= 4 is 17.4 Å². The fraction of sp³-hybridized carbons (Fsp3) is 0.250. The minimum atomic E-state index is -0.752. The molecule has 0 aliphatic carbocycles. The SMILES string of the molecule is CN(C)CCN1C(=O)C(=O)C(=C(O)c2ccc(F)cc2)[C@@H]1c1ccncc1. The summed E-state index contributed by atoms with van der Waals surface area (Å²) < 4.78 is 13.2. The van der Waals surface area contributed by atoms with E-state index in [1.54, 1.807) is 24.5 Å². The number of Topliss-reactive ketones (excluding diaryl/α,β-unsaturated/α-hetero) is 1. The van der Waals surface area contributed by atoms with Crippen LogP contribution in [0.5, 0.6) is 0 Å². The van der Waals surface area contributed by atoms with Gasteiger partial charge >= 0.3 is 0 Å². The van der Waals surface area contributed by atoms with Crippen molar-refractivity contribution in [2.24, 2.45) is 0 Å². The molecule has 1 saturated heterocycles. The van der Waals surface area contributed by atoms with Crippen LogP contribution in [-0.2, 0) is 9.59 Å². The first-order valence-corrected chi connectivity index (χ1v) is 8.49. The number of pyridine rings is 1. The van der Waals surface area contributed by atoms with Crippen LogP contribution < -0.4 is 0 Å². The van der Waals surface area contributed by atoms with Crippen LogP contribution in [0.2, 0.25) is 0 Å². The summed E-state index contributed by atoms with van der Waals surface area (Å²) in [5.41, 5.74) is 0.948. The highest BCUT2D eigenvalue weighted by Gasteiger charge is 2.45. The quantitative estimate of drug-likeness (QED) is 0.497. The maximum absolute atomic E-state index is 13.2. The highest BCUT2D eigenvalue weighted by atomic mass is 19.1. The number of likely N-dealkylation sites (N-methyl/N-ethyl adjacent to an activating group) is 1. The third-order valence-corrected chi connectivity index (χ3v) is 4.47. The number of hydrogen-bond donors (Lipinski definition) is 1. The molecular weight excluding hydrogens is 349 g/mol. The second-order valence-electron chi connectivity index (χ2n) is 6.58. The van der Waals surface area contributed by atoms with Gasteiger partial charge in [-0.25, -0.2) is 4.39 Å². The molecule has 0 spiro atoms. The molecule has 1 aliphatic rings. The van der Waals surface area contributed by atoms with E-state index in [0.29, 0.717) is 18.7 Å². The summed E-state index contributed by atoms with van der Waals surface area (Å²) in [5, 5.41) is 10.8. The molecule has 1 N–H and O–H groups in total. The van der Waals surface area contributed by atoms with E-state index in [1.165, 1.54) is 29.2 Å². The van der Waals surface area contributed by atoms with E-state index in [1.807, 2.05) is 19.0 Å². The molecule has 7 heteroatoms. The van der Waals surface area contributed by atoms with Crippen LogP contribution in [0.15, 0.2) is 54.4 Å². The van der Waals surface area contributed by atoms with Crippen LogP contribution in [0.4, 0.5) is 4.39 Å². The Labute approximate surface area is 156 Å². The van der Waals surface area contributed by atoms with Crippen molar-refractivity contribution in [3.8, 4) is 0 Å². The molecule has 1 aromatic heterocycles. The highest BCUT2D eigenvalue weighted by Crippen LogP contribution is 2.38. The number of likely N-dealkylation sites (tertiary alicyclic amines) is 1. The number of carbonyl (C=O) groups is 2. The van der Waals surface area contributed by atoms with E-state index in [0.717, 1.165) is 0 Å². The Balaban J connectivity index is 2.12. The lowest BCUT2D eigenvalue weighted by molar-refractivity contribution is -0.140. The van der Waals surface area contributed by atoms with Gasteiger partial charge in [0, 0.05) is 31.0 Å². The molecule has 1 amide bonds. The summed E-state index contributed by atoms with van der Waals surface area (Å²) in [5.74, 6) is -2.19. The van der Waals surface area contributed by atoms with Gasteiger partial charge in [0.05, 0.1) is 11.6 Å². The second kappa shape index (κ2) is 7.67. The molecule has 0 saturated carbocycles. The Morgan fingerprint density at radius 3 is 2.37 bits per heavy atom. The summed E-state index contributed by atoms with van der Waals surface area (Å²) >= 11 is 0. The number of carbonyl (C=O) groups excluding carboxylic acids is 2. The standard InChI is InChI=1S/C20H20FN3O3/c1-23(2)11-12-24-17(13-7-9-22-10-8-13)16(19(26)20(24)27)18(25)14-3-5-15(21)6-4-14/h3-10,17,25H,11-12H2,1-2H3/t17-/m0/s1. The smallest absolute Gasteiger partial charge is 0.295 e. The molecule has 6 nitrogen and oxygen atoms in total. The molecule has 1 fully saturated rings. The number of amides is 1. The number of aliphatic hydroxyl groups excluding tert-OH is 1. The monoisotopic (exact) mass is 369 g/mol. The Morgan fingerprint density at radius 2 is 1.78 bits per heavy atom. The van der Waals surface area contributed by atoms with Gasteiger partial charge in [-0.15, -0.1) is 0 Å². The molecule has 1 aliphatic heterocycles. The van der Waals surface area contributed by atoms with Crippen molar-refractivity contribution in [1.82, 2.24) is 14.8 Å². The van der Waals surface area contributed by atoms with Crippen LogP contribution in [0.1, 0.15) is 17.2 Å². The number of halogens is 1. The lowest BCUT2D eigenvalue weighted by Crippen LogP contribution is -2.35. The predicted molar refractivity (Wildman–Crippen MR) is 98.2 cm³/mol. The number of ketones is 1. The Kier molecular flexibility index (Phi) is 5.32. The van der Waals surface area contributed by atoms with Crippen molar-refractivity contribution in [3.63, 3.8) is 0 Å². The first-order valence-electron chi connectivity index (χ1n) is 8.49. The zero-order valence-corrected chi connectivity index (χ0v) is 15.1. The summed E-state index contributed by atoms with van der Waals surface area (Å²) in [6.45, 7) is 0.885. The Morgan fingerprint density at radius 1 is 1.15 bits per heavy atom. The molecule has 0 radical (unpaired) electrons. The van der Waals surface area contributed by atoms with Crippen LogP contribution in [0, 0.1) is 5.82 Å². The number of nitrogens with zero attached hydrogens (tertiary/aromatic N) is 3. The van der Waals surface area contributed by atoms with E-state index in [2.05, 4.69) is 4.98 Å². The number of benzene rings is 1. The van der Waals surface area contributed by atoms with E-state index in [-0.39, 0.29) is 16.9 Å². The van der Waals surface area contributed by atoms with Gasteiger partial charge in [0.25, 0.3) is 11.7 Å². The van der Waals surface area contributed by atoms with Gasteiger partial charge in [0.15, 0.2) is 0 Å². The zero-order chi connectivity index (χ0) is 19.6. The molecule has 27 heavy (non-hydrogen) atoms. The number of rotatable bonds is 5. The van der Waals surface area contributed by atoms with Gasteiger partial charge in [-0.05, 0) is 56.1 Å². The molecule has 1 aromatic carbocycles. The van der Waals surface area contributed by atoms with Crippen molar-refractivity contribution in [3.05, 3.63) is 71.3 Å². The van der Waals surface area contributed by atoms with Gasteiger partial charge in [-0.3, -0.25) is 14.6 Å². The van der Waals surface area contributed by atoms with E-state index < -0.39 is 23.5 Å². The van der Waals surface area contributed by atoms with Crippen molar-refractivity contribution in [2.75, 3.05) is 27.2 Å². The lowest BCUT2D eigenvalue weighted by atomic mass is 9.96. The summed E-state index contributed by atoms with van der Waals surface area (Å²) in [6, 6.07) is 7.83. The molecule has 0 unspecified atom stereocenters. The van der Waals surface area contributed by atoms with Gasteiger partial charge in [-0.2, -0.15) is 0 Å². The Hall–Kier alpha value is -3.06. The number of hydrogen-bond acceptors (Lipinski definition) is 5. The van der Waals surface area contributed by atoms with E-state index in [9.17, 15) is 19.1 Å². The summed E-state index contributed by atoms with van der Waals surface area (Å²) in [7, 11) is 3.74. The number of aromatic nitrogens is 1. The van der Waals surface area contributed by atoms with Crippen molar-refractivity contribution < 1.29 is 19.1 Å². The molecule has 2 aromatic rings. The maximum Gasteiger partial charge on any atom is 0.295 e. The summed E-state index contributed by atoms with van der Waals surface area (Å²) in [6.07, 6.45) is 3.14. The fourth-order valence-electron chi connectivity index (χ4n) is 3.07. The average molecular weight is 369 g/mol. The Bertz CT molecular complexity index is 879. The first kappa shape index (κ1) is 18.7. The predicted octanol–water partition coefficient (Wildman–Crippen LogP) is 2.20. The zero-order valence-electron chi connectivity index (χ0n) is 15.1. The van der Waals surface area contributed by atoms with Crippen molar-refractivity contribution in [1.29, 1.82) is 0 Å². The third-order valence-electron chi connectivity index (χ3n) is 4.47. The lowest BCUT2D eigenvalue weighted by Gasteiger charge is -2.26. The van der Waals surface area contributed by atoms with Gasteiger partial charge in [0.2, 0.25) is 0 Å². The van der Waals surface area contributed by atoms with E-state index >= 15 is 0 Å². The van der Waals surface area contributed by atoms with Gasteiger partial charge in [0.1, 0.15) is 11.6 Å². The molecule has 1 atom stereocenters. The summed E-state index contributed by atoms with van der Waals surface area (Å²) in [4.78, 5) is 32.7. The molecule has 3 rings (SSSR count). The minimum absolute atomic E-state index is 0.00318. The van der Waals surface area contributed by atoms with Crippen LogP contribution >= 0.6 is 0 Å². The third kappa shape index (κ3) is 3.73. The van der Waals surface area contributed by atoms with Crippen LogP contribution in [0.25, 0.3) is 5.76 Å². The van der Waals surface area contributed by atoms with E-state index in [4.69, 9.17) is 0 Å². The minimum Gasteiger partial charge on any atom is -0.507 e. The maximum atomic E-state index is 13.2. The van der Waals surface area contributed by atoms with Crippen LogP contribution in [0.3, 0.4) is 0 Å². The highest BCUT2D eigenvalue weighted by molar-refractivity contribution is 6.46. The average Bonchev–Trinajstić information content (AvgIpc) is 2.91. The molecular formula is C20H20FN3O3. The molecule has 140 valence electrons. The van der Waals surface area contributed by atoms with Crippen molar-refractivity contribution in [2.45, 2.75) is 6.04 Å². The fourth-order valence-corrected chi connectivity index (χ4v) is 3.07.